The Morgan fingerprint density at radius 2 is 1.71 bits per heavy atom. The molecule has 1 aromatic heterocycles. The first-order chi connectivity index (χ1) is 16.9. The van der Waals surface area contributed by atoms with Gasteiger partial charge < -0.3 is 14.4 Å². The molecule has 2 aromatic carbocycles. The second-order valence-corrected chi connectivity index (χ2v) is 9.90. The van der Waals surface area contributed by atoms with E-state index in [9.17, 15) is 4.79 Å². The van der Waals surface area contributed by atoms with E-state index in [2.05, 4.69) is 15.4 Å². The van der Waals surface area contributed by atoms with Gasteiger partial charge in [0.15, 0.2) is 12.4 Å². The molecule has 0 spiro atoms. The van der Waals surface area contributed by atoms with Gasteiger partial charge in [-0.2, -0.15) is 4.80 Å². The molecule has 0 aliphatic carbocycles. The van der Waals surface area contributed by atoms with Crippen molar-refractivity contribution in [1.82, 2.24) is 25.1 Å². The van der Waals surface area contributed by atoms with Gasteiger partial charge in [-0.1, -0.05) is 52.5 Å². The Morgan fingerprint density at radius 3 is 2.37 bits per heavy atom. The van der Waals surface area contributed by atoms with Crippen molar-refractivity contribution in [3.05, 3.63) is 68.4 Å². The summed E-state index contributed by atoms with van der Waals surface area (Å²) in [6.45, 7) is 1.49. The Morgan fingerprint density at radius 1 is 1.00 bits per heavy atom. The minimum absolute atomic E-state index is 0.0824. The molecule has 0 radical (unpaired) electrons. The summed E-state index contributed by atoms with van der Waals surface area (Å²) in [5.74, 6) is 0.958. The lowest BCUT2D eigenvalue weighted by atomic mass is 9.90. The van der Waals surface area contributed by atoms with E-state index in [4.69, 9.17) is 55.9 Å². The standard InChI is InChI=1S/C23H23Cl4N5O3/c24-19-3-1-16(10-21(19)26)9-15-5-7-31(8-6-15)23(33)35-18(12-32-29-14-28-30-32)13-34-17-2-4-20(25)22(27)11-17/h1-4,10-11,14-15,18H,5-9,12-13H2. The van der Waals surface area contributed by atoms with Crippen LogP contribution in [0.1, 0.15) is 18.4 Å². The molecule has 1 unspecified atom stereocenters. The van der Waals surface area contributed by atoms with E-state index in [-0.39, 0.29) is 13.2 Å². The van der Waals surface area contributed by atoms with Gasteiger partial charge in [0.1, 0.15) is 18.9 Å². The highest BCUT2D eigenvalue weighted by Crippen LogP contribution is 2.28. The third-order valence-electron chi connectivity index (χ3n) is 5.73. The van der Waals surface area contributed by atoms with Crippen molar-refractivity contribution in [3.63, 3.8) is 0 Å². The van der Waals surface area contributed by atoms with Crippen molar-refractivity contribution in [2.75, 3.05) is 19.7 Å². The van der Waals surface area contributed by atoms with Crippen LogP contribution in [0.2, 0.25) is 20.1 Å². The molecular formula is C23H23Cl4N5O3. The predicted octanol–water partition coefficient (Wildman–Crippen LogP) is 5.83. The molecule has 35 heavy (non-hydrogen) atoms. The van der Waals surface area contributed by atoms with Crippen molar-refractivity contribution < 1.29 is 14.3 Å². The Labute approximate surface area is 223 Å². The molecule has 1 aliphatic heterocycles. The first-order valence-electron chi connectivity index (χ1n) is 11.1. The van der Waals surface area contributed by atoms with Crippen LogP contribution in [0.3, 0.4) is 0 Å². The molecular weight excluding hydrogens is 536 g/mol. The molecule has 8 nitrogen and oxygen atoms in total. The molecule has 12 heteroatoms. The minimum Gasteiger partial charge on any atom is -0.490 e. The second-order valence-electron chi connectivity index (χ2n) is 8.27. The molecule has 0 bridgehead atoms. The number of ether oxygens (including phenoxy) is 2. The van der Waals surface area contributed by atoms with Crippen molar-refractivity contribution in [3.8, 4) is 5.75 Å². The summed E-state index contributed by atoms with van der Waals surface area (Å²) in [6, 6.07) is 10.7. The van der Waals surface area contributed by atoms with Crippen LogP contribution in [-0.4, -0.2) is 57.0 Å². The number of likely N-dealkylation sites (tertiary alicyclic amines) is 1. The molecule has 186 valence electrons. The number of piperidine rings is 1. The third kappa shape index (κ3) is 7.36. The highest BCUT2D eigenvalue weighted by Gasteiger charge is 2.27. The number of tetrazole rings is 1. The average molecular weight is 559 g/mol. The zero-order valence-corrected chi connectivity index (χ0v) is 21.6. The summed E-state index contributed by atoms with van der Waals surface area (Å²) in [5, 5.41) is 13.5. The normalized spacial score (nSPS) is 15.1. The number of amides is 1. The largest absolute Gasteiger partial charge is 0.490 e. The van der Waals surface area contributed by atoms with Crippen molar-refractivity contribution in [1.29, 1.82) is 0 Å². The highest BCUT2D eigenvalue weighted by molar-refractivity contribution is 6.42. The van der Waals surface area contributed by atoms with E-state index >= 15 is 0 Å². The Kier molecular flexibility index (Phi) is 8.94. The monoisotopic (exact) mass is 557 g/mol. The lowest BCUT2D eigenvalue weighted by Crippen LogP contribution is -2.42. The van der Waals surface area contributed by atoms with Gasteiger partial charge in [-0.15, -0.1) is 10.2 Å². The number of carbonyl (C=O) groups excluding carboxylic acids is 1. The summed E-state index contributed by atoms with van der Waals surface area (Å²) in [5.41, 5.74) is 1.14. The van der Waals surface area contributed by atoms with E-state index in [0.29, 0.717) is 44.8 Å². The number of halogens is 4. The minimum atomic E-state index is -0.639. The van der Waals surface area contributed by atoms with Gasteiger partial charge in [-0.05, 0) is 60.2 Å². The summed E-state index contributed by atoms with van der Waals surface area (Å²) >= 11 is 24.2. The van der Waals surface area contributed by atoms with E-state index < -0.39 is 12.2 Å². The summed E-state index contributed by atoms with van der Waals surface area (Å²) in [4.78, 5) is 16.0. The SMILES string of the molecule is O=C(OC(COc1ccc(Cl)c(Cl)c1)Cn1ncnn1)N1CCC(Cc2ccc(Cl)c(Cl)c2)CC1. The average Bonchev–Trinajstić information content (AvgIpc) is 3.35. The Bertz CT molecular complexity index is 1140. The fourth-order valence-corrected chi connectivity index (χ4v) is 4.48. The quantitative estimate of drug-likeness (QED) is 0.346. The first kappa shape index (κ1) is 25.8. The van der Waals surface area contributed by atoms with E-state index in [1.807, 2.05) is 18.2 Å². The van der Waals surface area contributed by atoms with E-state index in [0.717, 1.165) is 24.8 Å². The number of hydrogen-bond acceptors (Lipinski definition) is 6. The lowest BCUT2D eigenvalue weighted by molar-refractivity contribution is 0.0212. The highest BCUT2D eigenvalue weighted by atomic mass is 35.5. The van der Waals surface area contributed by atoms with Crippen LogP contribution in [0, 0.1) is 5.92 Å². The number of aromatic nitrogens is 4. The van der Waals surface area contributed by atoms with Crippen LogP contribution in [0.4, 0.5) is 4.79 Å². The molecule has 1 fully saturated rings. The second kappa shape index (κ2) is 12.1. The maximum absolute atomic E-state index is 12.9. The van der Waals surface area contributed by atoms with Crippen LogP contribution >= 0.6 is 46.4 Å². The van der Waals surface area contributed by atoms with Crippen LogP contribution < -0.4 is 4.74 Å². The number of carbonyl (C=O) groups is 1. The molecule has 1 amide bonds. The molecule has 0 N–H and O–H groups in total. The molecule has 1 aliphatic rings. The topological polar surface area (TPSA) is 82.4 Å². The number of nitrogens with zero attached hydrogens (tertiary/aromatic N) is 5. The molecule has 2 heterocycles. The van der Waals surface area contributed by atoms with Gasteiger partial charge in [0.25, 0.3) is 0 Å². The zero-order valence-electron chi connectivity index (χ0n) is 18.6. The summed E-state index contributed by atoms with van der Waals surface area (Å²) in [6.07, 6.45) is 2.89. The molecule has 1 atom stereocenters. The summed E-state index contributed by atoms with van der Waals surface area (Å²) < 4.78 is 11.6. The van der Waals surface area contributed by atoms with E-state index in [1.165, 1.54) is 11.1 Å². The molecule has 1 saturated heterocycles. The smallest absolute Gasteiger partial charge is 0.410 e. The van der Waals surface area contributed by atoms with Gasteiger partial charge in [0.2, 0.25) is 0 Å². The zero-order chi connectivity index (χ0) is 24.8. The van der Waals surface area contributed by atoms with Gasteiger partial charge in [-0.25, -0.2) is 4.79 Å². The van der Waals surface area contributed by atoms with Crippen molar-refractivity contribution in [2.45, 2.75) is 31.9 Å². The van der Waals surface area contributed by atoms with E-state index in [1.54, 1.807) is 23.1 Å². The van der Waals surface area contributed by atoms with Crippen LogP contribution in [-0.2, 0) is 17.7 Å². The van der Waals surface area contributed by atoms with Crippen LogP contribution in [0.5, 0.6) is 5.75 Å². The fourth-order valence-electron chi connectivity index (χ4n) is 3.87. The fraction of sp³-hybridized carbons (Fsp3) is 0.391. The number of rotatable bonds is 8. The lowest BCUT2D eigenvalue weighted by Gasteiger charge is -2.32. The maximum atomic E-state index is 12.9. The first-order valence-corrected chi connectivity index (χ1v) is 12.6. The Balaban J connectivity index is 1.31. The van der Waals surface area contributed by atoms with Crippen LogP contribution in [0.15, 0.2) is 42.7 Å². The maximum Gasteiger partial charge on any atom is 0.410 e. The summed E-state index contributed by atoms with van der Waals surface area (Å²) in [7, 11) is 0. The Hall–Kier alpha value is -2.26. The van der Waals surface area contributed by atoms with Crippen molar-refractivity contribution in [2.24, 2.45) is 5.92 Å². The van der Waals surface area contributed by atoms with Gasteiger partial charge in [0, 0.05) is 19.2 Å². The van der Waals surface area contributed by atoms with Crippen LogP contribution in [0.25, 0.3) is 0 Å². The molecule has 0 saturated carbocycles. The molecule has 4 rings (SSSR count). The van der Waals surface area contributed by atoms with Gasteiger partial charge in [0.05, 0.1) is 20.1 Å². The van der Waals surface area contributed by atoms with Gasteiger partial charge in [-0.3, -0.25) is 0 Å². The predicted molar refractivity (Wildman–Crippen MR) is 135 cm³/mol. The molecule has 3 aromatic rings. The van der Waals surface area contributed by atoms with Gasteiger partial charge >= 0.3 is 6.09 Å². The number of benzene rings is 2. The number of hydrogen-bond donors (Lipinski definition) is 0. The van der Waals surface area contributed by atoms with Crippen molar-refractivity contribution >= 4 is 52.5 Å². The third-order valence-corrected chi connectivity index (χ3v) is 7.21.